The van der Waals surface area contributed by atoms with Crippen LogP contribution in [0.4, 0.5) is 14.9 Å². The molecule has 4 N–H and O–H groups in total. The molecule has 0 spiro atoms. The van der Waals surface area contributed by atoms with Crippen molar-refractivity contribution in [2.75, 3.05) is 18.4 Å². The molecule has 3 rings (SSSR count). The minimum atomic E-state index is -0.725. The van der Waals surface area contributed by atoms with Crippen LogP contribution < -0.4 is 16.4 Å². The van der Waals surface area contributed by atoms with Crippen molar-refractivity contribution in [2.24, 2.45) is 11.7 Å². The summed E-state index contributed by atoms with van der Waals surface area (Å²) in [6.07, 6.45) is 2.49. The lowest BCUT2D eigenvalue weighted by atomic mass is 9.93. The standard InChI is InChI=1S/C18H20FN3O2S/c19-13-5-1-4-12(8-13)16-9-14(22-18(20)24)17(25-16)15(23)7-11-3-2-6-21-10-11/h1,4-5,8-9,11,21H,2-3,6-7,10H2,(H3,20,22,24)/t11-/m0/s1. The van der Waals surface area contributed by atoms with Gasteiger partial charge in [-0.3, -0.25) is 4.79 Å². The number of nitrogens with one attached hydrogen (secondary N) is 2. The van der Waals surface area contributed by atoms with Crippen LogP contribution in [0.5, 0.6) is 0 Å². The third kappa shape index (κ3) is 4.43. The third-order valence-electron chi connectivity index (χ3n) is 4.23. The zero-order valence-corrected chi connectivity index (χ0v) is 14.5. The number of halogens is 1. The summed E-state index contributed by atoms with van der Waals surface area (Å²) in [6.45, 7) is 1.81. The Morgan fingerprint density at radius 2 is 2.20 bits per heavy atom. The monoisotopic (exact) mass is 361 g/mol. The first-order valence-corrected chi connectivity index (χ1v) is 9.04. The molecule has 1 aromatic heterocycles. The highest BCUT2D eigenvalue weighted by Crippen LogP contribution is 2.36. The second-order valence-corrected chi connectivity index (χ2v) is 7.24. The van der Waals surface area contributed by atoms with Crippen molar-refractivity contribution in [3.8, 4) is 10.4 Å². The molecule has 1 aliphatic heterocycles. The van der Waals surface area contributed by atoms with E-state index in [0.29, 0.717) is 33.3 Å². The average Bonchev–Trinajstić information content (AvgIpc) is 2.99. The highest BCUT2D eigenvalue weighted by atomic mass is 32.1. The molecule has 2 aromatic rings. The quantitative estimate of drug-likeness (QED) is 0.711. The smallest absolute Gasteiger partial charge is 0.316 e. The molecular weight excluding hydrogens is 341 g/mol. The second kappa shape index (κ2) is 7.76. The molecule has 0 radical (unpaired) electrons. The first-order chi connectivity index (χ1) is 12.0. The van der Waals surface area contributed by atoms with Gasteiger partial charge < -0.3 is 16.4 Å². The van der Waals surface area contributed by atoms with Crippen LogP contribution in [-0.2, 0) is 0 Å². The molecule has 5 nitrogen and oxygen atoms in total. The zero-order chi connectivity index (χ0) is 17.8. The molecule has 0 saturated carbocycles. The fraction of sp³-hybridized carbons (Fsp3) is 0.333. The first kappa shape index (κ1) is 17.6. The van der Waals surface area contributed by atoms with Crippen molar-refractivity contribution in [1.29, 1.82) is 0 Å². The normalized spacial score (nSPS) is 17.2. The van der Waals surface area contributed by atoms with E-state index in [2.05, 4.69) is 10.6 Å². The molecule has 1 fully saturated rings. The summed E-state index contributed by atoms with van der Waals surface area (Å²) in [5.74, 6) is -0.0797. The lowest BCUT2D eigenvalue weighted by Gasteiger charge is -2.21. The van der Waals surface area contributed by atoms with E-state index in [4.69, 9.17) is 5.73 Å². The molecule has 7 heteroatoms. The van der Waals surface area contributed by atoms with Crippen LogP contribution >= 0.6 is 11.3 Å². The molecule has 1 saturated heterocycles. The molecule has 0 bridgehead atoms. The summed E-state index contributed by atoms with van der Waals surface area (Å²) in [5, 5.41) is 5.81. The van der Waals surface area contributed by atoms with E-state index < -0.39 is 6.03 Å². The van der Waals surface area contributed by atoms with Crippen LogP contribution in [0.3, 0.4) is 0 Å². The van der Waals surface area contributed by atoms with E-state index in [-0.39, 0.29) is 11.6 Å². The molecule has 1 atom stereocenters. The lowest BCUT2D eigenvalue weighted by molar-refractivity contribution is 0.0958. The number of ketones is 1. The summed E-state index contributed by atoms with van der Waals surface area (Å²) in [6, 6.07) is 7.10. The van der Waals surface area contributed by atoms with E-state index in [1.807, 2.05) is 0 Å². The fourth-order valence-electron chi connectivity index (χ4n) is 3.06. The molecule has 2 amide bonds. The van der Waals surface area contributed by atoms with Gasteiger partial charge in [0.05, 0.1) is 10.6 Å². The van der Waals surface area contributed by atoms with Gasteiger partial charge >= 0.3 is 6.03 Å². The van der Waals surface area contributed by atoms with Crippen LogP contribution in [0.25, 0.3) is 10.4 Å². The van der Waals surface area contributed by atoms with Crippen LogP contribution in [-0.4, -0.2) is 24.9 Å². The van der Waals surface area contributed by atoms with Gasteiger partial charge in [-0.2, -0.15) is 0 Å². The zero-order valence-electron chi connectivity index (χ0n) is 13.7. The maximum absolute atomic E-state index is 13.5. The number of carbonyl (C=O) groups is 2. The topological polar surface area (TPSA) is 84.2 Å². The number of hydrogen-bond acceptors (Lipinski definition) is 4. The molecule has 2 heterocycles. The molecular formula is C18H20FN3O2S. The first-order valence-electron chi connectivity index (χ1n) is 8.23. The van der Waals surface area contributed by atoms with Crippen LogP contribution in [0.1, 0.15) is 28.9 Å². The number of rotatable bonds is 5. The van der Waals surface area contributed by atoms with Gasteiger partial charge in [0.2, 0.25) is 0 Å². The summed E-state index contributed by atoms with van der Waals surface area (Å²) in [4.78, 5) is 25.2. The van der Waals surface area contributed by atoms with Gasteiger partial charge in [0.15, 0.2) is 5.78 Å². The van der Waals surface area contributed by atoms with E-state index >= 15 is 0 Å². The second-order valence-electron chi connectivity index (χ2n) is 6.19. The summed E-state index contributed by atoms with van der Waals surface area (Å²) < 4.78 is 13.5. The largest absolute Gasteiger partial charge is 0.351 e. The Morgan fingerprint density at radius 3 is 2.88 bits per heavy atom. The lowest BCUT2D eigenvalue weighted by Crippen LogP contribution is -2.31. The van der Waals surface area contributed by atoms with Crippen molar-refractivity contribution in [2.45, 2.75) is 19.3 Å². The number of anilines is 1. The van der Waals surface area contributed by atoms with Crippen molar-refractivity contribution >= 4 is 28.8 Å². The predicted octanol–water partition coefficient (Wildman–Crippen LogP) is 3.62. The summed E-state index contributed by atoms with van der Waals surface area (Å²) >= 11 is 1.25. The maximum atomic E-state index is 13.5. The van der Waals surface area contributed by atoms with E-state index in [1.165, 1.54) is 23.5 Å². The van der Waals surface area contributed by atoms with Crippen LogP contribution in [0.15, 0.2) is 30.3 Å². The molecule has 1 aliphatic rings. The minimum absolute atomic E-state index is 0.0231. The van der Waals surface area contributed by atoms with Gasteiger partial charge in [-0.1, -0.05) is 12.1 Å². The number of piperidine rings is 1. The van der Waals surface area contributed by atoms with Gasteiger partial charge in [-0.05, 0) is 55.6 Å². The van der Waals surface area contributed by atoms with Gasteiger partial charge in [-0.25, -0.2) is 9.18 Å². The number of amides is 2. The Morgan fingerprint density at radius 1 is 1.36 bits per heavy atom. The number of Topliss-reactive ketones (excluding diaryl/α,β-unsaturated/α-hetero) is 1. The molecule has 0 aliphatic carbocycles. The predicted molar refractivity (Wildman–Crippen MR) is 97.5 cm³/mol. The number of primary amides is 1. The van der Waals surface area contributed by atoms with Crippen molar-refractivity contribution in [3.05, 3.63) is 41.0 Å². The van der Waals surface area contributed by atoms with Gasteiger partial charge in [0.25, 0.3) is 0 Å². The fourth-order valence-corrected chi connectivity index (χ4v) is 4.12. The Balaban J connectivity index is 1.87. The minimum Gasteiger partial charge on any atom is -0.351 e. The Bertz CT molecular complexity index is 784. The number of hydrogen-bond donors (Lipinski definition) is 3. The molecule has 132 valence electrons. The average molecular weight is 361 g/mol. The number of benzene rings is 1. The van der Waals surface area contributed by atoms with E-state index in [9.17, 15) is 14.0 Å². The SMILES string of the molecule is NC(=O)Nc1cc(-c2cccc(F)c2)sc1C(=O)C[C@@H]1CCCNC1. The number of carbonyl (C=O) groups excluding carboxylic acids is 2. The highest BCUT2D eigenvalue weighted by molar-refractivity contribution is 7.18. The molecule has 25 heavy (non-hydrogen) atoms. The third-order valence-corrected chi connectivity index (χ3v) is 5.45. The number of nitrogens with two attached hydrogens (primary N) is 1. The highest BCUT2D eigenvalue weighted by Gasteiger charge is 2.23. The van der Waals surface area contributed by atoms with Crippen LogP contribution in [0.2, 0.25) is 0 Å². The van der Waals surface area contributed by atoms with E-state index in [0.717, 1.165) is 25.9 Å². The van der Waals surface area contributed by atoms with Gasteiger partial charge in [-0.15, -0.1) is 11.3 Å². The van der Waals surface area contributed by atoms with Gasteiger partial charge in [0.1, 0.15) is 5.82 Å². The maximum Gasteiger partial charge on any atom is 0.316 e. The summed E-state index contributed by atoms with van der Waals surface area (Å²) in [5.41, 5.74) is 6.28. The molecule has 0 unspecified atom stereocenters. The Hall–Kier alpha value is -2.25. The Kier molecular flexibility index (Phi) is 5.45. The van der Waals surface area contributed by atoms with Crippen molar-refractivity contribution in [1.82, 2.24) is 5.32 Å². The molecule has 1 aromatic carbocycles. The van der Waals surface area contributed by atoms with Crippen molar-refractivity contribution < 1.29 is 14.0 Å². The van der Waals surface area contributed by atoms with Crippen LogP contribution in [0, 0.1) is 11.7 Å². The summed E-state index contributed by atoms with van der Waals surface area (Å²) in [7, 11) is 0. The number of thiophene rings is 1. The van der Waals surface area contributed by atoms with E-state index in [1.54, 1.807) is 18.2 Å². The van der Waals surface area contributed by atoms with Gasteiger partial charge in [0, 0.05) is 11.3 Å². The Labute approximate surface area is 149 Å². The number of urea groups is 1. The van der Waals surface area contributed by atoms with Crippen molar-refractivity contribution in [3.63, 3.8) is 0 Å².